The summed E-state index contributed by atoms with van der Waals surface area (Å²) in [6.07, 6.45) is 10.1. The van der Waals surface area contributed by atoms with Gasteiger partial charge in [0.2, 0.25) is 0 Å². The second kappa shape index (κ2) is 15.6. The average Bonchev–Trinajstić information content (AvgIpc) is 3.14. The van der Waals surface area contributed by atoms with Gasteiger partial charge in [-0.3, -0.25) is 14.5 Å². The molecule has 0 aliphatic carbocycles. The van der Waals surface area contributed by atoms with Gasteiger partial charge in [-0.1, -0.05) is 109 Å². The van der Waals surface area contributed by atoms with Gasteiger partial charge in [-0.25, -0.2) is 0 Å². The molecule has 0 radical (unpaired) electrons. The van der Waals surface area contributed by atoms with Crippen LogP contribution in [0.2, 0.25) is 0 Å². The molecule has 4 aromatic carbocycles. The fraction of sp³-hybridized carbons (Fsp3) is 0.273. The zero-order valence-electron chi connectivity index (χ0n) is 30.3. The van der Waals surface area contributed by atoms with E-state index in [-0.39, 0.29) is 18.4 Å². The van der Waals surface area contributed by atoms with Crippen LogP contribution in [0, 0.1) is 20.8 Å². The number of carbonyl (C=O) groups excluding carboxylic acids is 1. The van der Waals surface area contributed by atoms with Crippen LogP contribution in [0.1, 0.15) is 56.7 Å². The number of aliphatic carboxylic acids is 1. The first kappa shape index (κ1) is 36.0. The number of anilines is 1. The Kier molecular flexibility index (Phi) is 11.0. The first-order valence-corrected chi connectivity index (χ1v) is 18.8. The lowest BCUT2D eigenvalue weighted by molar-refractivity contribution is -0.136. The molecular formula is C44H47N3O3S. The number of benzene rings is 4. The summed E-state index contributed by atoms with van der Waals surface area (Å²) in [5, 5.41) is 10.0. The number of allylic oxidation sites excluding steroid dienone is 3. The van der Waals surface area contributed by atoms with Crippen molar-refractivity contribution in [2.75, 3.05) is 36.7 Å². The number of amides is 1. The number of carboxylic acids is 1. The summed E-state index contributed by atoms with van der Waals surface area (Å²) < 4.78 is 2.26. The summed E-state index contributed by atoms with van der Waals surface area (Å²) in [7, 11) is 0. The highest BCUT2D eigenvalue weighted by Gasteiger charge is 2.33. The molecule has 1 atom stereocenters. The van der Waals surface area contributed by atoms with Gasteiger partial charge in [0.1, 0.15) is 0 Å². The SMILES string of the molecule is C=C/C=C(\C=C/C)C(c1ccccc1)N1CCN(C(=O)c2ccc3c(c2)-c2c(C)c(-c4ccc(C)cc4)c(CC(=O)O)c(C)c2N(SC)C3)CC1. The maximum Gasteiger partial charge on any atom is 0.307 e. The Balaban J connectivity index is 1.36. The Morgan fingerprint density at radius 2 is 1.63 bits per heavy atom. The highest BCUT2D eigenvalue weighted by Crippen LogP contribution is 2.50. The molecule has 4 aromatic rings. The minimum Gasteiger partial charge on any atom is -0.481 e. The Morgan fingerprint density at radius 1 is 0.922 bits per heavy atom. The van der Waals surface area contributed by atoms with Crippen molar-refractivity contribution in [3.63, 3.8) is 0 Å². The van der Waals surface area contributed by atoms with Gasteiger partial charge >= 0.3 is 5.97 Å². The lowest BCUT2D eigenvalue weighted by Gasteiger charge is -2.40. The van der Waals surface area contributed by atoms with Crippen LogP contribution in [-0.2, 0) is 17.8 Å². The number of carboxylic acid groups (broad SMARTS) is 1. The second-order valence-corrected chi connectivity index (χ2v) is 14.2. The normalized spacial score (nSPS) is 15.4. The van der Waals surface area contributed by atoms with Crippen LogP contribution in [0.4, 0.5) is 5.69 Å². The molecule has 51 heavy (non-hydrogen) atoms. The molecule has 1 saturated heterocycles. The zero-order chi connectivity index (χ0) is 36.2. The van der Waals surface area contributed by atoms with Crippen molar-refractivity contribution in [3.8, 4) is 22.3 Å². The minimum absolute atomic E-state index is 0.0356. The first-order chi connectivity index (χ1) is 24.7. The fourth-order valence-electron chi connectivity index (χ4n) is 7.82. The van der Waals surface area contributed by atoms with Gasteiger partial charge in [0.15, 0.2) is 0 Å². The average molecular weight is 698 g/mol. The maximum absolute atomic E-state index is 14.2. The topological polar surface area (TPSA) is 64.1 Å². The van der Waals surface area contributed by atoms with E-state index in [1.54, 1.807) is 11.9 Å². The number of hydrogen-bond donors (Lipinski definition) is 1. The summed E-state index contributed by atoms with van der Waals surface area (Å²) in [6.45, 7) is 15.6. The van der Waals surface area contributed by atoms with E-state index in [4.69, 9.17) is 0 Å². The maximum atomic E-state index is 14.2. The second-order valence-electron chi connectivity index (χ2n) is 13.4. The Labute approximate surface area is 306 Å². The van der Waals surface area contributed by atoms with Gasteiger partial charge < -0.3 is 14.3 Å². The van der Waals surface area contributed by atoms with E-state index in [0.29, 0.717) is 25.2 Å². The summed E-state index contributed by atoms with van der Waals surface area (Å²) in [5.41, 5.74) is 13.3. The van der Waals surface area contributed by atoms with E-state index in [0.717, 1.165) is 68.8 Å². The quantitative estimate of drug-likeness (QED) is 0.132. The molecule has 1 unspecified atom stereocenters. The predicted octanol–water partition coefficient (Wildman–Crippen LogP) is 9.36. The molecule has 1 N–H and O–H groups in total. The molecule has 0 aromatic heterocycles. The van der Waals surface area contributed by atoms with Crippen molar-refractivity contribution in [1.29, 1.82) is 0 Å². The molecule has 2 aliphatic rings. The zero-order valence-corrected chi connectivity index (χ0v) is 31.1. The van der Waals surface area contributed by atoms with Crippen LogP contribution < -0.4 is 4.31 Å². The lowest BCUT2D eigenvalue weighted by Crippen LogP contribution is -2.50. The molecule has 262 valence electrons. The molecule has 2 heterocycles. The van der Waals surface area contributed by atoms with Crippen LogP contribution in [-0.4, -0.2) is 59.2 Å². The number of aryl methyl sites for hydroxylation is 1. The molecule has 2 aliphatic heterocycles. The Hall–Kier alpha value is -4.85. The summed E-state index contributed by atoms with van der Waals surface area (Å²) >= 11 is 1.64. The molecule has 1 amide bonds. The van der Waals surface area contributed by atoms with Crippen LogP contribution in [0.3, 0.4) is 0 Å². The third-order valence-corrected chi connectivity index (χ3v) is 11.0. The van der Waals surface area contributed by atoms with Crippen LogP contribution >= 0.6 is 11.9 Å². The van der Waals surface area contributed by atoms with Crippen molar-refractivity contribution in [1.82, 2.24) is 9.80 Å². The smallest absolute Gasteiger partial charge is 0.307 e. The highest BCUT2D eigenvalue weighted by molar-refractivity contribution is 7.99. The highest BCUT2D eigenvalue weighted by atomic mass is 32.2. The molecule has 1 fully saturated rings. The first-order valence-electron chi connectivity index (χ1n) is 17.6. The van der Waals surface area contributed by atoms with Crippen LogP contribution in [0.5, 0.6) is 0 Å². The molecule has 0 spiro atoms. The van der Waals surface area contributed by atoms with E-state index in [2.05, 4.69) is 115 Å². The molecule has 6 nitrogen and oxygen atoms in total. The third kappa shape index (κ3) is 7.19. The molecule has 0 saturated carbocycles. The summed E-state index contributed by atoms with van der Waals surface area (Å²) in [5.74, 6) is -0.816. The molecule has 7 heteroatoms. The lowest BCUT2D eigenvalue weighted by atomic mass is 9.80. The van der Waals surface area contributed by atoms with Gasteiger partial charge in [0.25, 0.3) is 5.91 Å². The van der Waals surface area contributed by atoms with Crippen LogP contribution in [0.25, 0.3) is 22.3 Å². The molecule has 6 rings (SSSR count). The number of nitrogens with zero attached hydrogens (tertiary/aromatic N) is 3. The van der Waals surface area contributed by atoms with E-state index >= 15 is 0 Å². The van der Waals surface area contributed by atoms with E-state index in [1.165, 1.54) is 11.1 Å². The third-order valence-electron chi connectivity index (χ3n) is 10.2. The van der Waals surface area contributed by atoms with Gasteiger partial charge in [-0.05, 0) is 89.9 Å². The summed E-state index contributed by atoms with van der Waals surface area (Å²) in [6, 6.07) is 25.1. The van der Waals surface area contributed by atoms with E-state index < -0.39 is 5.97 Å². The van der Waals surface area contributed by atoms with Crippen LogP contribution in [0.15, 0.2) is 109 Å². The van der Waals surface area contributed by atoms with E-state index in [1.807, 2.05) is 37.0 Å². The van der Waals surface area contributed by atoms with Gasteiger partial charge in [0, 0.05) is 43.6 Å². The molecular weight excluding hydrogens is 651 g/mol. The monoisotopic (exact) mass is 697 g/mol. The number of hydrogen-bond acceptors (Lipinski definition) is 5. The Morgan fingerprint density at radius 3 is 2.25 bits per heavy atom. The van der Waals surface area contributed by atoms with Crippen molar-refractivity contribution in [2.24, 2.45) is 0 Å². The van der Waals surface area contributed by atoms with Crippen molar-refractivity contribution in [2.45, 2.75) is 46.7 Å². The van der Waals surface area contributed by atoms with Crippen molar-refractivity contribution in [3.05, 3.63) is 148 Å². The minimum atomic E-state index is -0.851. The Bertz CT molecular complexity index is 2010. The largest absolute Gasteiger partial charge is 0.481 e. The van der Waals surface area contributed by atoms with E-state index in [9.17, 15) is 14.7 Å². The number of rotatable bonds is 10. The summed E-state index contributed by atoms with van der Waals surface area (Å²) in [4.78, 5) is 30.9. The van der Waals surface area contributed by atoms with Gasteiger partial charge in [-0.15, -0.1) is 0 Å². The van der Waals surface area contributed by atoms with Gasteiger partial charge in [0.05, 0.1) is 24.7 Å². The van der Waals surface area contributed by atoms with Gasteiger partial charge in [-0.2, -0.15) is 0 Å². The van der Waals surface area contributed by atoms with Crippen molar-refractivity contribution < 1.29 is 14.7 Å². The van der Waals surface area contributed by atoms with Crippen molar-refractivity contribution >= 4 is 29.5 Å². The number of fused-ring (bicyclic) bond motifs is 3. The number of carbonyl (C=O) groups is 2. The predicted molar refractivity (Wildman–Crippen MR) is 212 cm³/mol. The fourth-order valence-corrected chi connectivity index (χ4v) is 8.50. The molecule has 0 bridgehead atoms. The number of piperazine rings is 1. The standard InChI is InChI=1S/C44H47N3O3S/c1-7-12-33(13-8-2)43(34-14-10-9-11-15-34)45-22-24-46(25-23-45)44(50)35-20-21-36-28-47(51-6)42-30(4)37(27-39(48)49)40(31(5)41(42)38(36)26-35)32-18-16-29(3)17-19-32/h7-21,26,43H,1,22-25,27-28H2,2-6H3,(H,48,49)/b13-8-,33-12+.